The molecule has 0 radical (unpaired) electrons. The highest BCUT2D eigenvalue weighted by molar-refractivity contribution is 5.77. The summed E-state index contributed by atoms with van der Waals surface area (Å²) in [7, 11) is 1.68. The van der Waals surface area contributed by atoms with Crippen molar-refractivity contribution >= 4 is 5.91 Å². The molecule has 0 aromatic heterocycles. The second-order valence-corrected chi connectivity index (χ2v) is 5.13. The van der Waals surface area contributed by atoms with Crippen LogP contribution in [0.3, 0.4) is 0 Å². The number of nitrogens with zero attached hydrogens (tertiary/aromatic N) is 1. The molecule has 4 heteroatoms. The normalized spacial score (nSPS) is 21.5. The van der Waals surface area contributed by atoms with Crippen LogP contribution in [0.1, 0.15) is 43.0 Å². The molecule has 2 rings (SSSR count). The van der Waals surface area contributed by atoms with Crippen LogP contribution in [0.25, 0.3) is 0 Å². The number of carbonyl (C=O) groups is 1. The Hall–Kier alpha value is -1.39. The molecule has 1 amide bonds. The van der Waals surface area contributed by atoms with Crippen LogP contribution >= 0.6 is 0 Å². The van der Waals surface area contributed by atoms with Crippen LogP contribution in [0.5, 0.6) is 0 Å². The number of nitrogens with one attached hydrogen (secondary N) is 1. The van der Waals surface area contributed by atoms with Crippen LogP contribution in [0.2, 0.25) is 0 Å². The molecule has 1 aliphatic rings. The fourth-order valence-electron chi connectivity index (χ4n) is 2.89. The highest BCUT2D eigenvalue weighted by Crippen LogP contribution is 2.40. The molecule has 2 unspecified atom stereocenters. The van der Waals surface area contributed by atoms with E-state index in [4.69, 9.17) is 5.73 Å². The molecular formula is C15H23N3O. The maximum absolute atomic E-state index is 11.7. The molecule has 0 heterocycles. The second kappa shape index (κ2) is 6.17. The summed E-state index contributed by atoms with van der Waals surface area (Å²) >= 11 is 0. The van der Waals surface area contributed by atoms with Crippen molar-refractivity contribution in [3.8, 4) is 0 Å². The zero-order valence-electron chi connectivity index (χ0n) is 11.7. The van der Waals surface area contributed by atoms with Crippen LogP contribution in [0, 0.1) is 0 Å². The van der Waals surface area contributed by atoms with E-state index in [1.54, 1.807) is 7.05 Å². The topological polar surface area (TPSA) is 58.4 Å². The minimum atomic E-state index is 0.0615. The first-order chi connectivity index (χ1) is 9.17. The lowest BCUT2D eigenvalue weighted by atomic mass is 10.1. The third-order valence-electron chi connectivity index (χ3n) is 3.81. The molecule has 0 aliphatic heterocycles. The molecule has 0 fully saturated rings. The highest BCUT2D eigenvalue weighted by atomic mass is 16.1. The first-order valence-electron chi connectivity index (χ1n) is 6.96. The van der Waals surface area contributed by atoms with E-state index < -0.39 is 0 Å². The molecule has 2 atom stereocenters. The van der Waals surface area contributed by atoms with Crippen molar-refractivity contribution in [2.45, 2.75) is 31.8 Å². The van der Waals surface area contributed by atoms with Crippen molar-refractivity contribution in [3.05, 3.63) is 35.4 Å². The number of hydrogen-bond acceptors (Lipinski definition) is 3. The lowest BCUT2D eigenvalue weighted by Crippen LogP contribution is -2.38. The molecule has 0 bridgehead atoms. The van der Waals surface area contributed by atoms with Gasteiger partial charge in [0.15, 0.2) is 0 Å². The summed E-state index contributed by atoms with van der Waals surface area (Å²) in [6.45, 7) is 3.49. The molecule has 1 aromatic carbocycles. The Morgan fingerprint density at radius 2 is 2.11 bits per heavy atom. The van der Waals surface area contributed by atoms with Gasteiger partial charge in [-0.1, -0.05) is 31.2 Å². The van der Waals surface area contributed by atoms with Gasteiger partial charge < -0.3 is 11.1 Å². The van der Waals surface area contributed by atoms with E-state index in [9.17, 15) is 4.79 Å². The van der Waals surface area contributed by atoms with E-state index >= 15 is 0 Å². The summed E-state index contributed by atoms with van der Waals surface area (Å²) in [5.74, 6) is 0.0615. The number of amides is 1. The summed E-state index contributed by atoms with van der Waals surface area (Å²) in [6, 6.07) is 8.68. The van der Waals surface area contributed by atoms with Gasteiger partial charge in [0.05, 0.1) is 6.54 Å². The maximum Gasteiger partial charge on any atom is 0.233 e. The maximum atomic E-state index is 11.7. The van der Waals surface area contributed by atoms with E-state index in [2.05, 4.69) is 29.3 Å². The first kappa shape index (κ1) is 14.0. The van der Waals surface area contributed by atoms with Crippen molar-refractivity contribution in [3.63, 3.8) is 0 Å². The summed E-state index contributed by atoms with van der Waals surface area (Å²) in [4.78, 5) is 13.9. The number of fused-ring (bicyclic) bond motifs is 1. The lowest BCUT2D eigenvalue weighted by Gasteiger charge is -2.28. The van der Waals surface area contributed by atoms with Gasteiger partial charge in [-0.15, -0.1) is 0 Å². The SMILES string of the molecule is CCCN(CC(=O)NC)C1CC(N)c2ccccc21. The van der Waals surface area contributed by atoms with Gasteiger partial charge in [0, 0.05) is 19.1 Å². The average molecular weight is 261 g/mol. The summed E-state index contributed by atoms with van der Waals surface area (Å²) in [5, 5.41) is 2.70. The van der Waals surface area contributed by atoms with Crippen LogP contribution in [-0.4, -0.2) is 30.9 Å². The highest BCUT2D eigenvalue weighted by Gasteiger charge is 2.32. The largest absolute Gasteiger partial charge is 0.358 e. The number of hydrogen-bond donors (Lipinski definition) is 2. The van der Waals surface area contributed by atoms with Crippen molar-refractivity contribution in [1.29, 1.82) is 0 Å². The molecule has 0 spiro atoms. The van der Waals surface area contributed by atoms with E-state index in [1.165, 1.54) is 11.1 Å². The Labute approximate surface area is 115 Å². The Balaban J connectivity index is 2.21. The molecule has 4 nitrogen and oxygen atoms in total. The smallest absolute Gasteiger partial charge is 0.233 e. The van der Waals surface area contributed by atoms with Crippen molar-refractivity contribution in [2.75, 3.05) is 20.1 Å². The zero-order valence-corrected chi connectivity index (χ0v) is 11.7. The molecule has 19 heavy (non-hydrogen) atoms. The van der Waals surface area contributed by atoms with E-state index in [-0.39, 0.29) is 18.0 Å². The lowest BCUT2D eigenvalue weighted by molar-refractivity contribution is -0.122. The number of benzene rings is 1. The molecule has 1 aromatic rings. The van der Waals surface area contributed by atoms with E-state index in [0.29, 0.717) is 6.54 Å². The van der Waals surface area contributed by atoms with Crippen LogP contribution in [-0.2, 0) is 4.79 Å². The monoisotopic (exact) mass is 261 g/mol. The van der Waals surface area contributed by atoms with Crippen LogP contribution in [0.15, 0.2) is 24.3 Å². The van der Waals surface area contributed by atoms with Gasteiger partial charge in [-0.05, 0) is 30.5 Å². The van der Waals surface area contributed by atoms with Gasteiger partial charge in [0.2, 0.25) is 5.91 Å². The Morgan fingerprint density at radius 3 is 2.74 bits per heavy atom. The van der Waals surface area contributed by atoms with E-state index in [0.717, 1.165) is 19.4 Å². The summed E-state index contributed by atoms with van der Waals surface area (Å²) < 4.78 is 0. The zero-order chi connectivity index (χ0) is 13.8. The fourth-order valence-corrected chi connectivity index (χ4v) is 2.89. The molecule has 0 saturated carbocycles. The third kappa shape index (κ3) is 2.96. The molecule has 104 valence electrons. The van der Waals surface area contributed by atoms with Crippen molar-refractivity contribution in [1.82, 2.24) is 10.2 Å². The number of nitrogens with two attached hydrogens (primary N) is 1. The molecular weight excluding hydrogens is 238 g/mol. The Bertz CT molecular complexity index is 447. The van der Waals surface area contributed by atoms with E-state index in [1.807, 2.05) is 12.1 Å². The predicted octanol–water partition coefficient (Wildman–Crippen LogP) is 1.59. The standard InChI is InChI=1S/C15H23N3O/c1-3-8-18(10-15(19)17-2)14-9-13(16)11-6-4-5-7-12(11)14/h4-7,13-14H,3,8-10,16H2,1-2H3,(H,17,19). The quantitative estimate of drug-likeness (QED) is 0.846. The minimum absolute atomic E-state index is 0.0615. The summed E-state index contributed by atoms with van der Waals surface area (Å²) in [6.07, 6.45) is 1.93. The third-order valence-corrected chi connectivity index (χ3v) is 3.81. The predicted molar refractivity (Wildman–Crippen MR) is 76.7 cm³/mol. The van der Waals surface area contributed by atoms with Gasteiger partial charge in [0.1, 0.15) is 0 Å². The fraction of sp³-hybridized carbons (Fsp3) is 0.533. The average Bonchev–Trinajstić information content (AvgIpc) is 2.76. The number of likely N-dealkylation sites (N-methyl/N-ethyl adjacent to an activating group) is 1. The van der Waals surface area contributed by atoms with Crippen molar-refractivity contribution in [2.24, 2.45) is 5.73 Å². The van der Waals surface area contributed by atoms with Crippen LogP contribution < -0.4 is 11.1 Å². The molecule has 1 aliphatic carbocycles. The van der Waals surface area contributed by atoms with Crippen molar-refractivity contribution < 1.29 is 4.79 Å². The first-order valence-corrected chi connectivity index (χ1v) is 6.96. The number of carbonyl (C=O) groups excluding carboxylic acids is 1. The Morgan fingerprint density at radius 1 is 1.42 bits per heavy atom. The second-order valence-electron chi connectivity index (χ2n) is 5.13. The van der Waals surface area contributed by atoms with Crippen LogP contribution in [0.4, 0.5) is 0 Å². The molecule has 0 saturated heterocycles. The van der Waals surface area contributed by atoms with Gasteiger partial charge >= 0.3 is 0 Å². The summed E-state index contributed by atoms with van der Waals surface area (Å²) in [5.41, 5.74) is 8.72. The number of rotatable bonds is 5. The molecule has 3 N–H and O–H groups in total. The minimum Gasteiger partial charge on any atom is -0.358 e. The van der Waals surface area contributed by atoms with Gasteiger partial charge in [-0.3, -0.25) is 9.69 Å². The van der Waals surface area contributed by atoms with Gasteiger partial charge in [-0.2, -0.15) is 0 Å². The van der Waals surface area contributed by atoms with Gasteiger partial charge in [-0.25, -0.2) is 0 Å². The van der Waals surface area contributed by atoms with Gasteiger partial charge in [0.25, 0.3) is 0 Å². The Kier molecular flexibility index (Phi) is 4.56.